The smallest absolute Gasteiger partial charge is 0.341 e. The van der Waals surface area contributed by atoms with Crippen LogP contribution in [-0.2, 0) is 9.53 Å². The predicted molar refractivity (Wildman–Crippen MR) is 117 cm³/mol. The summed E-state index contributed by atoms with van der Waals surface area (Å²) in [5.74, 6) is -0.470. The van der Waals surface area contributed by atoms with Crippen LogP contribution in [0, 0.1) is 13.8 Å². The Morgan fingerprint density at radius 2 is 2.00 bits per heavy atom. The number of anilines is 1. The third kappa shape index (κ3) is 3.75. The van der Waals surface area contributed by atoms with Crippen molar-refractivity contribution < 1.29 is 14.3 Å². The Kier molecular flexibility index (Phi) is 5.57. The number of hydrogen-bond acceptors (Lipinski definition) is 8. The van der Waals surface area contributed by atoms with Crippen LogP contribution in [0.2, 0.25) is 0 Å². The standard InChI is InChI=1S/C19H18N4O3S3/c1-4-26-17(25)15-10(2)11(3)28-16(15)20-14(24)9-27-18-21-22-19-23(18)12-7-5-6-8-13(12)29-19/h5-8H,4,9H2,1-3H3,(H,20,24). The van der Waals surface area contributed by atoms with Gasteiger partial charge in [-0.15, -0.1) is 21.5 Å². The van der Waals surface area contributed by atoms with Crippen molar-refractivity contribution in [1.29, 1.82) is 0 Å². The molecule has 1 aromatic carbocycles. The Balaban J connectivity index is 1.51. The van der Waals surface area contributed by atoms with Crippen molar-refractivity contribution in [2.75, 3.05) is 17.7 Å². The zero-order valence-corrected chi connectivity index (χ0v) is 18.5. The molecule has 0 saturated carbocycles. The van der Waals surface area contributed by atoms with Gasteiger partial charge in [-0.1, -0.05) is 35.2 Å². The Labute approximate surface area is 179 Å². The van der Waals surface area contributed by atoms with Crippen LogP contribution in [-0.4, -0.2) is 38.8 Å². The van der Waals surface area contributed by atoms with Gasteiger partial charge < -0.3 is 10.1 Å². The number of hydrogen-bond donors (Lipinski definition) is 1. The molecule has 0 aliphatic carbocycles. The van der Waals surface area contributed by atoms with Crippen LogP contribution in [0.5, 0.6) is 0 Å². The lowest BCUT2D eigenvalue weighted by atomic mass is 10.1. The molecule has 0 fully saturated rings. The summed E-state index contributed by atoms with van der Waals surface area (Å²) in [5.41, 5.74) is 2.29. The molecule has 0 bridgehead atoms. The van der Waals surface area contributed by atoms with E-state index in [0.717, 1.165) is 25.6 Å². The number of thiophene rings is 1. The van der Waals surface area contributed by atoms with Crippen molar-refractivity contribution in [3.05, 3.63) is 40.3 Å². The van der Waals surface area contributed by atoms with Gasteiger partial charge in [-0.3, -0.25) is 9.20 Å². The third-order valence-electron chi connectivity index (χ3n) is 4.36. The lowest BCUT2D eigenvalue weighted by Crippen LogP contribution is -2.16. The fourth-order valence-electron chi connectivity index (χ4n) is 2.91. The number of esters is 1. The molecule has 4 rings (SSSR count). The van der Waals surface area contributed by atoms with Crippen LogP contribution in [0.3, 0.4) is 0 Å². The largest absolute Gasteiger partial charge is 0.462 e. The molecule has 29 heavy (non-hydrogen) atoms. The molecule has 0 atom stereocenters. The summed E-state index contributed by atoms with van der Waals surface area (Å²) in [6.07, 6.45) is 0. The SMILES string of the molecule is CCOC(=O)c1c(NC(=O)CSc2nnc3sc4ccccc4n23)sc(C)c1C. The molecular formula is C19H18N4O3S3. The van der Waals surface area contributed by atoms with E-state index in [0.29, 0.717) is 15.7 Å². The van der Waals surface area contributed by atoms with Crippen LogP contribution in [0.4, 0.5) is 5.00 Å². The Morgan fingerprint density at radius 3 is 2.79 bits per heavy atom. The zero-order chi connectivity index (χ0) is 20.5. The summed E-state index contributed by atoms with van der Waals surface area (Å²) < 4.78 is 8.21. The maximum atomic E-state index is 12.6. The number of para-hydroxylation sites is 1. The first-order chi connectivity index (χ1) is 14.0. The van der Waals surface area contributed by atoms with Crippen LogP contribution < -0.4 is 5.32 Å². The van der Waals surface area contributed by atoms with Gasteiger partial charge in [0, 0.05) is 4.88 Å². The second-order valence-electron chi connectivity index (χ2n) is 6.22. The maximum Gasteiger partial charge on any atom is 0.341 e. The number of nitrogens with one attached hydrogen (secondary N) is 1. The van der Waals surface area contributed by atoms with Crippen LogP contribution in [0.15, 0.2) is 29.4 Å². The average molecular weight is 447 g/mol. The van der Waals surface area contributed by atoms with Crippen LogP contribution >= 0.6 is 34.4 Å². The van der Waals surface area contributed by atoms with E-state index in [2.05, 4.69) is 15.5 Å². The van der Waals surface area contributed by atoms with E-state index in [9.17, 15) is 9.59 Å². The molecule has 1 amide bonds. The lowest BCUT2D eigenvalue weighted by Gasteiger charge is -2.07. The number of fused-ring (bicyclic) bond motifs is 3. The summed E-state index contributed by atoms with van der Waals surface area (Å²) in [4.78, 5) is 26.6. The predicted octanol–water partition coefficient (Wildman–Crippen LogP) is 4.53. The normalized spacial score (nSPS) is 11.3. The number of thiazole rings is 1. The molecule has 4 aromatic rings. The van der Waals surface area contributed by atoms with Gasteiger partial charge in [-0.25, -0.2) is 4.79 Å². The minimum absolute atomic E-state index is 0.156. The summed E-state index contributed by atoms with van der Waals surface area (Å²) in [6.45, 7) is 5.82. The summed E-state index contributed by atoms with van der Waals surface area (Å²) >= 11 is 4.25. The second-order valence-corrected chi connectivity index (χ2v) is 9.39. The minimum Gasteiger partial charge on any atom is -0.462 e. The van der Waals surface area contributed by atoms with Crippen molar-refractivity contribution >= 4 is 66.5 Å². The first-order valence-corrected chi connectivity index (χ1v) is 11.5. The Hall–Kier alpha value is -2.43. The molecule has 7 nitrogen and oxygen atoms in total. The molecule has 0 radical (unpaired) electrons. The summed E-state index contributed by atoms with van der Waals surface area (Å²) in [5, 5.41) is 12.5. The number of thioether (sulfide) groups is 1. The fourth-order valence-corrected chi connectivity index (χ4v) is 5.74. The average Bonchev–Trinajstić information content (AvgIpc) is 3.33. The van der Waals surface area contributed by atoms with Gasteiger partial charge in [0.2, 0.25) is 10.9 Å². The molecular weight excluding hydrogens is 428 g/mol. The van der Waals surface area contributed by atoms with Crippen molar-refractivity contribution in [3.63, 3.8) is 0 Å². The molecule has 1 N–H and O–H groups in total. The fraction of sp³-hybridized carbons (Fsp3) is 0.263. The highest BCUT2D eigenvalue weighted by Gasteiger charge is 2.22. The molecule has 3 aromatic heterocycles. The Morgan fingerprint density at radius 1 is 1.21 bits per heavy atom. The van der Waals surface area contributed by atoms with Gasteiger partial charge in [0.15, 0.2) is 5.16 Å². The van der Waals surface area contributed by atoms with E-state index in [1.807, 2.05) is 42.5 Å². The molecule has 10 heteroatoms. The van der Waals surface area contributed by atoms with E-state index in [1.54, 1.807) is 18.3 Å². The van der Waals surface area contributed by atoms with Gasteiger partial charge in [0.05, 0.1) is 28.1 Å². The highest BCUT2D eigenvalue weighted by molar-refractivity contribution is 7.99. The quantitative estimate of drug-likeness (QED) is 0.346. The zero-order valence-electron chi connectivity index (χ0n) is 16.0. The number of carbonyl (C=O) groups excluding carboxylic acids is 2. The maximum absolute atomic E-state index is 12.6. The highest BCUT2D eigenvalue weighted by atomic mass is 32.2. The number of rotatable bonds is 6. The first kappa shape index (κ1) is 19.9. The molecule has 0 aliphatic rings. The van der Waals surface area contributed by atoms with E-state index < -0.39 is 5.97 Å². The monoisotopic (exact) mass is 446 g/mol. The second kappa shape index (κ2) is 8.13. The third-order valence-corrected chi connectivity index (χ3v) is 7.42. The van der Waals surface area contributed by atoms with Crippen molar-refractivity contribution in [3.8, 4) is 0 Å². The van der Waals surface area contributed by atoms with E-state index in [1.165, 1.54) is 23.1 Å². The van der Waals surface area contributed by atoms with Gasteiger partial charge in [-0.2, -0.15) is 0 Å². The van der Waals surface area contributed by atoms with Crippen LogP contribution in [0.1, 0.15) is 27.7 Å². The number of amides is 1. The molecule has 0 saturated heterocycles. The van der Waals surface area contributed by atoms with E-state index in [4.69, 9.17) is 4.74 Å². The van der Waals surface area contributed by atoms with Gasteiger partial charge in [-0.05, 0) is 38.5 Å². The topological polar surface area (TPSA) is 85.6 Å². The van der Waals surface area contributed by atoms with Crippen molar-refractivity contribution in [2.24, 2.45) is 0 Å². The lowest BCUT2D eigenvalue weighted by molar-refractivity contribution is -0.113. The van der Waals surface area contributed by atoms with Crippen LogP contribution in [0.25, 0.3) is 15.2 Å². The number of nitrogens with zero attached hydrogens (tertiary/aromatic N) is 3. The number of aromatic nitrogens is 3. The minimum atomic E-state index is -0.416. The number of benzene rings is 1. The van der Waals surface area contributed by atoms with Gasteiger partial charge in [0.25, 0.3) is 0 Å². The molecule has 0 aliphatic heterocycles. The molecule has 0 spiro atoms. The Bertz CT molecular complexity index is 1220. The van der Waals surface area contributed by atoms with Crippen molar-refractivity contribution in [1.82, 2.24) is 14.6 Å². The first-order valence-electron chi connectivity index (χ1n) is 8.92. The molecule has 0 unspecified atom stereocenters. The van der Waals surface area contributed by atoms with E-state index in [-0.39, 0.29) is 18.3 Å². The highest BCUT2D eigenvalue weighted by Crippen LogP contribution is 2.34. The molecule has 3 heterocycles. The number of carbonyl (C=O) groups is 2. The summed E-state index contributed by atoms with van der Waals surface area (Å²) in [7, 11) is 0. The van der Waals surface area contributed by atoms with Gasteiger partial charge in [0.1, 0.15) is 5.00 Å². The number of ether oxygens (including phenoxy) is 1. The number of aryl methyl sites for hydroxylation is 1. The van der Waals surface area contributed by atoms with Crippen molar-refractivity contribution in [2.45, 2.75) is 25.9 Å². The summed E-state index contributed by atoms with van der Waals surface area (Å²) in [6, 6.07) is 8.00. The molecule has 150 valence electrons. The van der Waals surface area contributed by atoms with Gasteiger partial charge >= 0.3 is 5.97 Å². The van der Waals surface area contributed by atoms with E-state index >= 15 is 0 Å².